The van der Waals surface area contributed by atoms with E-state index in [4.69, 9.17) is 5.73 Å². The van der Waals surface area contributed by atoms with Crippen molar-refractivity contribution in [3.05, 3.63) is 21.7 Å². The Morgan fingerprint density at radius 3 is 2.50 bits per heavy atom. The number of anilines is 1. The predicted molar refractivity (Wildman–Crippen MR) is 60.5 cm³/mol. The second kappa shape index (κ2) is 3.65. The molecule has 0 saturated heterocycles. The Morgan fingerprint density at radius 2 is 2.07 bits per heavy atom. The Kier molecular flexibility index (Phi) is 2.89. The average Bonchev–Trinajstić information content (AvgIpc) is 2.13. The normalized spacial score (nSPS) is 11.7. The molecule has 1 aromatic heterocycles. The van der Waals surface area contributed by atoms with E-state index in [2.05, 4.69) is 9.97 Å². The molecule has 14 heavy (non-hydrogen) atoms. The zero-order valence-corrected chi connectivity index (χ0v) is 9.66. The van der Waals surface area contributed by atoms with Gasteiger partial charge in [0.05, 0.1) is 10.3 Å². The van der Waals surface area contributed by atoms with Gasteiger partial charge in [-0.15, -0.1) is 0 Å². The highest BCUT2D eigenvalue weighted by atomic mass is 32.2. The van der Waals surface area contributed by atoms with E-state index in [1.807, 2.05) is 20.1 Å². The molecule has 0 aliphatic carbocycles. The number of aromatic nitrogens is 2. The predicted octanol–water partition coefficient (Wildman–Crippen LogP) is 1.26. The molecule has 4 nitrogen and oxygen atoms in total. The lowest BCUT2D eigenvalue weighted by Crippen LogP contribution is -2.24. The van der Waals surface area contributed by atoms with Gasteiger partial charge < -0.3 is 10.7 Å². The minimum absolute atomic E-state index is 0.158. The third-order valence-electron chi connectivity index (χ3n) is 2.27. The Bertz CT molecular complexity index is 398. The summed E-state index contributed by atoms with van der Waals surface area (Å²) in [4.78, 5) is 18.4. The summed E-state index contributed by atoms with van der Waals surface area (Å²) in [6.07, 6.45) is 1.97. The van der Waals surface area contributed by atoms with E-state index >= 15 is 0 Å². The third-order valence-corrected chi connectivity index (χ3v) is 3.48. The van der Waals surface area contributed by atoms with Gasteiger partial charge in [-0.2, -0.15) is 11.8 Å². The summed E-state index contributed by atoms with van der Waals surface area (Å²) < 4.78 is -0.221. The smallest absolute Gasteiger partial charge is 0.255 e. The van der Waals surface area contributed by atoms with Crippen LogP contribution in [0.4, 0.5) is 5.82 Å². The number of hydrogen-bond donors (Lipinski definition) is 2. The van der Waals surface area contributed by atoms with Crippen molar-refractivity contribution < 1.29 is 0 Å². The fourth-order valence-electron chi connectivity index (χ4n) is 0.932. The zero-order valence-electron chi connectivity index (χ0n) is 8.84. The molecular weight excluding hydrogens is 198 g/mol. The van der Waals surface area contributed by atoms with Crippen molar-refractivity contribution in [3.8, 4) is 0 Å². The second-order valence-corrected chi connectivity index (χ2v) is 5.07. The summed E-state index contributed by atoms with van der Waals surface area (Å²) >= 11 is 1.62. The van der Waals surface area contributed by atoms with Crippen molar-refractivity contribution in [2.24, 2.45) is 0 Å². The van der Waals surface area contributed by atoms with Crippen LogP contribution in [0.5, 0.6) is 0 Å². The maximum atomic E-state index is 11.4. The van der Waals surface area contributed by atoms with Gasteiger partial charge in [0, 0.05) is 0 Å². The maximum absolute atomic E-state index is 11.4. The van der Waals surface area contributed by atoms with Crippen LogP contribution in [0.2, 0.25) is 0 Å². The van der Waals surface area contributed by atoms with Gasteiger partial charge in [-0.3, -0.25) is 4.79 Å². The molecule has 0 aromatic carbocycles. The van der Waals surface area contributed by atoms with Crippen LogP contribution < -0.4 is 11.3 Å². The molecule has 0 fully saturated rings. The summed E-state index contributed by atoms with van der Waals surface area (Å²) in [6, 6.07) is 0. The summed E-state index contributed by atoms with van der Waals surface area (Å²) in [6.45, 7) is 5.65. The fourth-order valence-corrected chi connectivity index (χ4v) is 1.22. The molecule has 1 aromatic rings. The molecule has 5 heteroatoms. The highest BCUT2D eigenvalue weighted by Crippen LogP contribution is 2.30. The number of H-pyrrole nitrogens is 1. The third kappa shape index (κ3) is 1.92. The number of hydrogen-bond acceptors (Lipinski definition) is 4. The molecule has 1 heterocycles. The summed E-state index contributed by atoms with van der Waals surface area (Å²) in [5, 5.41) is 0. The molecule has 0 atom stereocenters. The van der Waals surface area contributed by atoms with Crippen molar-refractivity contribution in [1.29, 1.82) is 0 Å². The van der Waals surface area contributed by atoms with E-state index in [1.54, 1.807) is 18.7 Å². The number of rotatable bonds is 2. The van der Waals surface area contributed by atoms with Gasteiger partial charge in [-0.1, -0.05) is 0 Å². The zero-order chi connectivity index (χ0) is 10.9. The van der Waals surface area contributed by atoms with Gasteiger partial charge in [-0.05, 0) is 27.0 Å². The summed E-state index contributed by atoms with van der Waals surface area (Å²) in [7, 11) is 0. The van der Waals surface area contributed by atoms with E-state index in [0.717, 1.165) is 0 Å². The molecule has 0 aliphatic rings. The number of nitrogen functional groups attached to an aromatic ring is 1. The highest BCUT2D eigenvalue weighted by Gasteiger charge is 2.22. The van der Waals surface area contributed by atoms with Crippen molar-refractivity contribution in [3.63, 3.8) is 0 Å². The highest BCUT2D eigenvalue weighted by molar-refractivity contribution is 7.99. The molecular formula is C9H15N3OS. The number of nitrogens with two attached hydrogens (primary N) is 1. The van der Waals surface area contributed by atoms with E-state index in [0.29, 0.717) is 17.2 Å². The fraction of sp³-hybridized carbons (Fsp3) is 0.556. The van der Waals surface area contributed by atoms with Crippen LogP contribution in [-0.2, 0) is 4.75 Å². The molecule has 0 unspecified atom stereocenters. The molecule has 0 spiro atoms. The van der Waals surface area contributed by atoms with E-state index in [9.17, 15) is 4.79 Å². The van der Waals surface area contributed by atoms with Crippen LogP contribution in [0.1, 0.15) is 25.2 Å². The van der Waals surface area contributed by atoms with Crippen LogP contribution in [0.15, 0.2) is 4.79 Å². The van der Waals surface area contributed by atoms with Crippen LogP contribution in [0.3, 0.4) is 0 Å². The first kappa shape index (κ1) is 11.1. The molecule has 0 saturated carbocycles. The van der Waals surface area contributed by atoms with Crippen LogP contribution in [-0.4, -0.2) is 16.2 Å². The van der Waals surface area contributed by atoms with Gasteiger partial charge >= 0.3 is 0 Å². The maximum Gasteiger partial charge on any atom is 0.255 e. The van der Waals surface area contributed by atoms with Gasteiger partial charge in [-0.25, -0.2) is 4.98 Å². The molecule has 78 valence electrons. The largest absolute Gasteiger partial charge is 0.383 e. The first-order chi connectivity index (χ1) is 6.38. The second-order valence-electron chi connectivity index (χ2n) is 3.64. The van der Waals surface area contributed by atoms with E-state index in [1.165, 1.54) is 0 Å². The molecule has 0 radical (unpaired) electrons. The number of nitrogens with one attached hydrogen (secondary N) is 1. The lowest BCUT2D eigenvalue weighted by Gasteiger charge is -2.20. The SMILES string of the molecule is CSC(C)(C)c1nc(N)c(C)c(=O)[nH]1. The minimum Gasteiger partial charge on any atom is -0.383 e. The number of thioether (sulfide) groups is 1. The summed E-state index contributed by atoms with van der Waals surface area (Å²) in [5.41, 5.74) is 5.95. The van der Waals surface area contributed by atoms with Crippen LogP contribution in [0, 0.1) is 6.92 Å². The van der Waals surface area contributed by atoms with Crippen molar-refractivity contribution in [2.75, 3.05) is 12.0 Å². The monoisotopic (exact) mass is 213 g/mol. The molecule has 3 N–H and O–H groups in total. The van der Waals surface area contributed by atoms with Gasteiger partial charge in [0.15, 0.2) is 0 Å². The lowest BCUT2D eigenvalue weighted by atomic mass is 10.2. The van der Waals surface area contributed by atoms with E-state index in [-0.39, 0.29) is 10.3 Å². The Balaban J connectivity index is 3.33. The van der Waals surface area contributed by atoms with Crippen LogP contribution in [0.25, 0.3) is 0 Å². The quantitative estimate of drug-likeness (QED) is 0.775. The average molecular weight is 213 g/mol. The summed E-state index contributed by atoms with van der Waals surface area (Å²) in [5.74, 6) is 0.934. The van der Waals surface area contributed by atoms with Gasteiger partial charge in [0.2, 0.25) is 0 Å². The lowest BCUT2D eigenvalue weighted by molar-refractivity contribution is 0.703. The molecule has 1 rings (SSSR count). The van der Waals surface area contributed by atoms with E-state index < -0.39 is 0 Å². The standard InChI is InChI=1S/C9H15N3OS/c1-5-6(10)11-8(12-7(5)13)9(2,3)14-4/h1-4H3,(H3,10,11,12,13). The Labute approximate surface area is 87.3 Å². The Morgan fingerprint density at radius 1 is 1.50 bits per heavy atom. The first-order valence-electron chi connectivity index (χ1n) is 4.30. The molecule has 0 aliphatic heterocycles. The van der Waals surface area contributed by atoms with Crippen molar-refractivity contribution in [1.82, 2.24) is 9.97 Å². The van der Waals surface area contributed by atoms with Gasteiger partial charge in [0.1, 0.15) is 11.6 Å². The molecule has 0 bridgehead atoms. The first-order valence-corrected chi connectivity index (χ1v) is 5.53. The minimum atomic E-state index is -0.221. The number of aromatic amines is 1. The topological polar surface area (TPSA) is 71.8 Å². The van der Waals surface area contributed by atoms with Crippen LogP contribution >= 0.6 is 11.8 Å². The van der Waals surface area contributed by atoms with Crippen molar-refractivity contribution in [2.45, 2.75) is 25.5 Å². The Hall–Kier alpha value is -0.970. The number of nitrogens with zero attached hydrogens (tertiary/aromatic N) is 1. The van der Waals surface area contributed by atoms with Crippen molar-refractivity contribution >= 4 is 17.6 Å². The molecule has 0 amide bonds. The van der Waals surface area contributed by atoms with Gasteiger partial charge in [0.25, 0.3) is 5.56 Å².